The van der Waals surface area contributed by atoms with Crippen LogP contribution in [0.2, 0.25) is 0 Å². The van der Waals surface area contributed by atoms with E-state index < -0.39 is 0 Å². The van der Waals surface area contributed by atoms with Crippen LogP contribution in [0.1, 0.15) is 25.3 Å². The summed E-state index contributed by atoms with van der Waals surface area (Å²) >= 11 is 0. The second-order valence-corrected chi connectivity index (χ2v) is 4.23. The summed E-state index contributed by atoms with van der Waals surface area (Å²) in [6.07, 6.45) is 4.08. The van der Waals surface area contributed by atoms with E-state index in [1.807, 2.05) is 18.2 Å². The molecule has 0 saturated heterocycles. The van der Waals surface area contributed by atoms with E-state index in [-0.39, 0.29) is 0 Å². The molecule has 0 fully saturated rings. The summed E-state index contributed by atoms with van der Waals surface area (Å²) in [5, 5.41) is 0. The molecule has 15 heavy (non-hydrogen) atoms. The van der Waals surface area contributed by atoms with Gasteiger partial charge in [0.15, 0.2) is 0 Å². The molecule has 0 aliphatic heterocycles. The molecule has 0 radical (unpaired) electrons. The van der Waals surface area contributed by atoms with E-state index in [9.17, 15) is 0 Å². The molecule has 2 atom stereocenters. The van der Waals surface area contributed by atoms with Crippen LogP contribution in [0.5, 0.6) is 0 Å². The first kappa shape index (κ1) is 11.8. The highest BCUT2D eigenvalue weighted by Crippen LogP contribution is 2.31. The second kappa shape index (κ2) is 5.55. The van der Waals surface area contributed by atoms with Gasteiger partial charge in [0.05, 0.1) is 0 Å². The van der Waals surface area contributed by atoms with Gasteiger partial charge in [-0.15, -0.1) is 13.2 Å². The molecule has 2 unspecified atom stereocenters. The van der Waals surface area contributed by atoms with E-state index in [1.54, 1.807) is 0 Å². The second-order valence-electron chi connectivity index (χ2n) is 4.23. The molecular formula is C15H20. The van der Waals surface area contributed by atoms with Crippen LogP contribution in [-0.2, 0) is 0 Å². The van der Waals surface area contributed by atoms with Crippen LogP contribution >= 0.6 is 0 Å². The first-order valence-corrected chi connectivity index (χ1v) is 5.50. The highest BCUT2D eigenvalue weighted by Gasteiger charge is 2.20. The van der Waals surface area contributed by atoms with Crippen LogP contribution in [0.25, 0.3) is 0 Å². The molecule has 0 saturated carbocycles. The number of benzene rings is 1. The predicted octanol–water partition coefficient (Wildman–Crippen LogP) is 4.41. The van der Waals surface area contributed by atoms with Crippen molar-refractivity contribution < 1.29 is 0 Å². The van der Waals surface area contributed by atoms with Crippen LogP contribution in [0.4, 0.5) is 0 Å². The Labute approximate surface area is 93.3 Å². The van der Waals surface area contributed by atoms with Gasteiger partial charge in [-0.25, -0.2) is 0 Å². The fourth-order valence-corrected chi connectivity index (χ4v) is 2.02. The van der Waals surface area contributed by atoms with Gasteiger partial charge in [0.2, 0.25) is 0 Å². The lowest BCUT2D eigenvalue weighted by Gasteiger charge is -2.25. The van der Waals surface area contributed by atoms with E-state index >= 15 is 0 Å². The van der Waals surface area contributed by atoms with E-state index in [1.165, 1.54) is 5.56 Å². The fourth-order valence-electron chi connectivity index (χ4n) is 2.02. The lowest BCUT2D eigenvalue weighted by atomic mass is 9.79. The van der Waals surface area contributed by atoms with Gasteiger partial charge >= 0.3 is 0 Å². The van der Waals surface area contributed by atoms with Gasteiger partial charge in [-0.1, -0.05) is 56.3 Å². The molecule has 0 aliphatic carbocycles. The van der Waals surface area contributed by atoms with Crippen LogP contribution in [0, 0.1) is 11.8 Å². The molecule has 0 bridgehead atoms. The normalized spacial score (nSPS) is 14.6. The van der Waals surface area contributed by atoms with Crippen molar-refractivity contribution in [2.75, 3.05) is 0 Å². The van der Waals surface area contributed by atoms with Gasteiger partial charge in [-0.05, 0) is 17.4 Å². The third-order valence-corrected chi connectivity index (χ3v) is 2.90. The smallest absolute Gasteiger partial charge is 0.00805 e. The Balaban J connectivity index is 2.97. The zero-order chi connectivity index (χ0) is 11.3. The summed E-state index contributed by atoms with van der Waals surface area (Å²) in [6.45, 7) is 12.3. The van der Waals surface area contributed by atoms with Crippen molar-refractivity contribution in [1.29, 1.82) is 0 Å². The maximum Gasteiger partial charge on any atom is 0.00805 e. The minimum atomic E-state index is 0.378. The fraction of sp³-hybridized carbons (Fsp3) is 0.333. The Morgan fingerprint density at radius 3 is 2.00 bits per heavy atom. The Hall–Kier alpha value is -1.30. The third-order valence-electron chi connectivity index (χ3n) is 2.90. The van der Waals surface area contributed by atoms with Crippen molar-refractivity contribution in [3.05, 3.63) is 61.2 Å². The quantitative estimate of drug-likeness (QED) is 0.617. The third kappa shape index (κ3) is 2.82. The van der Waals surface area contributed by atoms with Gasteiger partial charge in [-0.2, -0.15) is 0 Å². The van der Waals surface area contributed by atoms with Gasteiger partial charge in [-0.3, -0.25) is 0 Å². The maximum absolute atomic E-state index is 3.94. The van der Waals surface area contributed by atoms with Gasteiger partial charge in [0.25, 0.3) is 0 Å². The molecule has 0 spiro atoms. The molecule has 0 aliphatic rings. The molecule has 0 N–H and O–H groups in total. The van der Waals surface area contributed by atoms with E-state index in [2.05, 4.69) is 51.3 Å². The Kier molecular flexibility index (Phi) is 4.36. The van der Waals surface area contributed by atoms with Crippen LogP contribution in [0.15, 0.2) is 55.6 Å². The molecule has 1 aromatic carbocycles. The summed E-state index contributed by atoms with van der Waals surface area (Å²) in [5.41, 5.74) is 1.33. The van der Waals surface area contributed by atoms with Crippen molar-refractivity contribution in [2.45, 2.75) is 19.8 Å². The SMILES string of the molecule is C=CC(c1ccccc1)C(C=C)C(C)C. The molecule has 0 heteroatoms. The molecule has 0 amide bonds. The van der Waals surface area contributed by atoms with E-state index in [4.69, 9.17) is 0 Å². The van der Waals surface area contributed by atoms with Crippen molar-refractivity contribution in [3.63, 3.8) is 0 Å². The van der Waals surface area contributed by atoms with Crippen LogP contribution in [0.3, 0.4) is 0 Å². The molecule has 0 heterocycles. The topological polar surface area (TPSA) is 0 Å². The summed E-state index contributed by atoms with van der Waals surface area (Å²) < 4.78 is 0. The molecule has 80 valence electrons. The Bertz CT molecular complexity index is 308. The number of hydrogen-bond donors (Lipinski definition) is 0. The molecule has 1 aromatic rings. The van der Waals surface area contributed by atoms with Crippen LogP contribution in [-0.4, -0.2) is 0 Å². The van der Waals surface area contributed by atoms with Crippen LogP contribution < -0.4 is 0 Å². The van der Waals surface area contributed by atoms with Crippen molar-refractivity contribution in [1.82, 2.24) is 0 Å². The number of allylic oxidation sites excluding steroid dienone is 2. The minimum Gasteiger partial charge on any atom is -0.103 e. The van der Waals surface area contributed by atoms with E-state index in [0.29, 0.717) is 17.8 Å². The highest BCUT2D eigenvalue weighted by molar-refractivity contribution is 5.25. The first-order chi connectivity index (χ1) is 7.20. The number of hydrogen-bond acceptors (Lipinski definition) is 0. The average molecular weight is 200 g/mol. The summed E-state index contributed by atoms with van der Waals surface area (Å²) in [6, 6.07) is 10.5. The standard InChI is InChI=1S/C15H20/c1-5-14(12(3)4)15(6-2)13-10-8-7-9-11-13/h5-12,14-15H,1-2H2,3-4H3. The van der Waals surface area contributed by atoms with Crippen molar-refractivity contribution >= 4 is 0 Å². The predicted molar refractivity (Wildman–Crippen MR) is 67.9 cm³/mol. The Morgan fingerprint density at radius 2 is 1.60 bits per heavy atom. The molecule has 0 aromatic heterocycles. The molecule has 1 rings (SSSR count). The van der Waals surface area contributed by atoms with Crippen molar-refractivity contribution in [2.24, 2.45) is 11.8 Å². The molecule has 0 nitrogen and oxygen atoms in total. The maximum atomic E-state index is 3.94. The largest absolute Gasteiger partial charge is 0.103 e. The zero-order valence-electron chi connectivity index (χ0n) is 9.69. The van der Waals surface area contributed by atoms with Gasteiger partial charge in [0, 0.05) is 5.92 Å². The monoisotopic (exact) mass is 200 g/mol. The zero-order valence-corrected chi connectivity index (χ0v) is 9.69. The summed E-state index contributed by atoms with van der Waals surface area (Å²) in [7, 11) is 0. The lowest BCUT2D eigenvalue weighted by molar-refractivity contribution is 0.429. The average Bonchev–Trinajstić information content (AvgIpc) is 2.26. The highest BCUT2D eigenvalue weighted by atomic mass is 14.2. The van der Waals surface area contributed by atoms with Gasteiger partial charge in [0.1, 0.15) is 0 Å². The summed E-state index contributed by atoms with van der Waals surface area (Å²) in [5.74, 6) is 1.43. The van der Waals surface area contributed by atoms with Gasteiger partial charge < -0.3 is 0 Å². The van der Waals surface area contributed by atoms with Crippen molar-refractivity contribution in [3.8, 4) is 0 Å². The Morgan fingerprint density at radius 1 is 1.00 bits per heavy atom. The number of rotatable bonds is 5. The lowest BCUT2D eigenvalue weighted by Crippen LogP contribution is -2.14. The first-order valence-electron chi connectivity index (χ1n) is 5.50. The minimum absolute atomic E-state index is 0.378. The van der Waals surface area contributed by atoms with E-state index in [0.717, 1.165) is 0 Å². The molecular weight excluding hydrogens is 180 g/mol. The summed E-state index contributed by atoms with van der Waals surface area (Å²) in [4.78, 5) is 0.